The Labute approximate surface area is 292 Å². The molecule has 0 saturated carbocycles. The summed E-state index contributed by atoms with van der Waals surface area (Å²) in [5.74, 6) is 1.50. The van der Waals surface area contributed by atoms with Crippen LogP contribution in [0, 0.1) is 6.92 Å². The molecule has 5 aromatic rings. The number of benzene rings is 3. The summed E-state index contributed by atoms with van der Waals surface area (Å²) < 4.78 is 13.6. The molecule has 3 aromatic carbocycles. The maximum absolute atomic E-state index is 13.4. The minimum absolute atomic E-state index is 0.191. The third kappa shape index (κ3) is 8.12. The molecule has 0 radical (unpaired) electrons. The van der Waals surface area contributed by atoms with Gasteiger partial charge in [-0.2, -0.15) is 5.10 Å². The van der Waals surface area contributed by atoms with Crippen LogP contribution in [-0.4, -0.2) is 52.5 Å². The molecule has 1 saturated heterocycles. The molecule has 0 bridgehead atoms. The number of urea groups is 1. The Hall–Kier alpha value is -4.53. The van der Waals surface area contributed by atoms with Gasteiger partial charge < -0.3 is 25.4 Å². The van der Waals surface area contributed by atoms with E-state index in [1.54, 1.807) is 16.9 Å². The molecule has 12 heteroatoms. The number of amides is 3. The molecule has 1 aliphatic rings. The third-order valence-electron chi connectivity index (χ3n) is 7.95. The van der Waals surface area contributed by atoms with Crippen molar-refractivity contribution in [2.24, 2.45) is 0 Å². The zero-order valence-corrected chi connectivity index (χ0v) is 29.0. The Balaban J connectivity index is 1.16. The van der Waals surface area contributed by atoms with Crippen molar-refractivity contribution in [1.29, 1.82) is 0 Å². The van der Waals surface area contributed by atoms with Crippen LogP contribution in [0.15, 0.2) is 85.1 Å². The summed E-state index contributed by atoms with van der Waals surface area (Å²) in [6, 6.07) is 24.3. The van der Waals surface area contributed by atoms with Crippen LogP contribution in [0.2, 0.25) is 0 Å². The fraction of sp³-hybridized carbons (Fsp3) is 0.278. The number of aromatic nitrogens is 3. The van der Waals surface area contributed by atoms with Crippen molar-refractivity contribution in [3.8, 4) is 11.4 Å². The lowest BCUT2D eigenvalue weighted by atomic mass is 10.1. The molecule has 3 amide bonds. The monoisotopic (exact) mass is 759 g/mol. The highest BCUT2D eigenvalue weighted by Crippen LogP contribution is 2.33. The Morgan fingerprint density at radius 2 is 1.85 bits per heavy atom. The number of carbonyl (C=O) groups is 2. The van der Waals surface area contributed by atoms with E-state index < -0.39 is 6.04 Å². The summed E-state index contributed by atoms with van der Waals surface area (Å²) in [6.07, 6.45) is 3.67. The van der Waals surface area contributed by atoms with Gasteiger partial charge in [-0.05, 0) is 55.3 Å². The van der Waals surface area contributed by atoms with Gasteiger partial charge in [-0.15, -0.1) is 0 Å². The number of nitrogens with zero attached hydrogens (tertiary/aromatic N) is 3. The number of hydrogen-bond acceptors (Lipinski definition) is 7. The number of pyridine rings is 1. The third-order valence-corrected chi connectivity index (χ3v) is 9.21. The summed E-state index contributed by atoms with van der Waals surface area (Å²) >= 11 is 2.41. The molecule has 6 rings (SSSR count). The van der Waals surface area contributed by atoms with Crippen LogP contribution in [0.4, 0.5) is 22.1 Å². The fourth-order valence-corrected chi connectivity index (χ4v) is 6.37. The van der Waals surface area contributed by atoms with Crippen molar-refractivity contribution in [2.45, 2.75) is 43.3 Å². The van der Waals surface area contributed by atoms with Crippen molar-refractivity contribution in [1.82, 2.24) is 20.1 Å². The standard InChI is InChI=1S/C36H38IN7O4/c1-3-6-28(37)30-20-34(44(43-30)25-11-9-23(2)10-12-25)42-36(46)40-29-13-14-32(27-8-5-4-7-26(27)29)48-21-24-15-16-39-33(19-24)41-35(45)31-22-47-18-17-38-31/h4-5,7-16,19-20,28,31,38H,3,6,17-18,21-22H2,1-2H3,(H,39,41,45)(H2,40,42,46). The number of nitrogens with one attached hydrogen (secondary N) is 4. The van der Waals surface area contributed by atoms with Crippen LogP contribution in [-0.2, 0) is 16.1 Å². The molecule has 48 heavy (non-hydrogen) atoms. The zero-order valence-electron chi connectivity index (χ0n) is 26.8. The number of fused-ring (bicyclic) bond motifs is 1. The molecule has 2 atom stereocenters. The molecule has 1 fully saturated rings. The van der Waals surface area contributed by atoms with Gasteiger partial charge in [0, 0.05) is 29.6 Å². The van der Waals surface area contributed by atoms with Crippen molar-refractivity contribution >= 4 is 62.6 Å². The highest BCUT2D eigenvalue weighted by molar-refractivity contribution is 14.1. The number of alkyl halides is 1. The van der Waals surface area contributed by atoms with Gasteiger partial charge in [-0.25, -0.2) is 14.5 Å². The van der Waals surface area contributed by atoms with E-state index in [1.807, 2.05) is 79.7 Å². The Morgan fingerprint density at radius 1 is 1.04 bits per heavy atom. The highest BCUT2D eigenvalue weighted by atomic mass is 127. The highest BCUT2D eigenvalue weighted by Gasteiger charge is 2.22. The van der Waals surface area contributed by atoms with E-state index in [-0.39, 0.29) is 22.5 Å². The molecule has 0 spiro atoms. The lowest BCUT2D eigenvalue weighted by molar-refractivity contribution is -0.120. The number of halogens is 1. The van der Waals surface area contributed by atoms with Gasteiger partial charge in [-0.3, -0.25) is 10.1 Å². The topological polar surface area (TPSA) is 131 Å². The van der Waals surface area contributed by atoms with Gasteiger partial charge in [0.05, 0.1) is 34.2 Å². The second-order valence-corrected chi connectivity index (χ2v) is 13.1. The minimum atomic E-state index is -0.414. The van der Waals surface area contributed by atoms with Crippen LogP contribution < -0.4 is 26.0 Å². The quantitative estimate of drug-likeness (QED) is 0.0831. The zero-order chi connectivity index (χ0) is 33.5. The first-order chi connectivity index (χ1) is 23.4. The number of aryl methyl sites for hydroxylation is 1. The molecule has 2 aromatic heterocycles. The van der Waals surface area contributed by atoms with Gasteiger partial charge in [0.2, 0.25) is 5.91 Å². The molecule has 1 aliphatic heterocycles. The number of morpholine rings is 1. The number of ether oxygens (including phenoxy) is 2. The molecule has 2 unspecified atom stereocenters. The predicted octanol–water partition coefficient (Wildman–Crippen LogP) is 7.16. The van der Waals surface area contributed by atoms with E-state index >= 15 is 0 Å². The van der Waals surface area contributed by atoms with E-state index in [9.17, 15) is 9.59 Å². The molecule has 11 nitrogen and oxygen atoms in total. The molecular weight excluding hydrogens is 721 g/mol. The van der Waals surface area contributed by atoms with E-state index in [2.05, 4.69) is 55.8 Å². The smallest absolute Gasteiger partial charge is 0.324 e. The lowest BCUT2D eigenvalue weighted by Gasteiger charge is -2.22. The van der Waals surface area contributed by atoms with Crippen molar-refractivity contribution in [2.75, 3.05) is 35.7 Å². The van der Waals surface area contributed by atoms with Gasteiger partial charge >= 0.3 is 6.03 Å². The van der Waals surface area contributed by atoms with Gasteiger partial charge in [0.25, 0.3) is 0 Å². The van der Waals surface area contributed by atoms with Crippen LogP contribution in [0.1, 0.15) is 40.5 Å². The molecule has 3 heterocycles. The largest absolute Gasteiger partial charge is 0.488 e. The second kappa shape index (κ2) is 15.6. The van der Waals surface area contributed by atoms with E-state index in [0.29, 0.717) is 42.8 Å². The number of anilines is 3. The maximum atomic E-state index is 13.4. The van der Waals surface area contributed by atoms with E-state index in [0.717, 1.165) is 46.1 Å². The van der Waals surface area contributed by atoms with E-state index in [1.165, 1.54) is 0 Å². The van der Waals surface area contributed by atoms with Crippen LogP contribution in [0.25, 0.3) is 16.5 Å². The number of carbonyl (C=O) groups excluding carboxylic acids is 2. The molecule has 4 N–H and O–H groups in total. The van der Waals surface area contributed by atoms with Gasteiger partial charge in [0.15, 0.2) is 0 Å². The van der Waals surface area contributed by atoms with Crippen LogP contribution in [0.3, 0.4) is 0 Å². The SMILES string of the molecule is CCCC(I)c1cc(NC(=O)Nc2ccc(OCc3ccnc(NC(=O)C4COCCN4)c3)c3ccccc23)n(-c2ccc(C)cc2)n1. The summed E-state index contributed by atoms with van der Waals surface area (Å²) in [7, 11) is 0. The first kappa shape index (κ1) is 33.4. The normalized spacial score (nSPS) is 15.1. The summed E-state index contributed by atoms with van der Waals surface area (Å²) in [5, 5.41) is 18.6. The molecule has 248 valence electrons. The fourth-order valence-electron chi connectivity index (χ4n) is 5.44. The summed E-state index contributed by atoms with van der Waals surface area (Å²) in [4.78, 5) is 30.3. The average molecular weight is 760 g/mol. The number of hydrogen-bond donors (Lipinski definition) is 4. The maximum Gasteiger partial charge on any atom is 0.324 e. The van der Waals surface area contributed by atoms with Crippen LogP contribution in [0.5, 0.6) is 5.75 Å². The summed E-state index contributed by atoms with van der Waals surface area (Å²) in [6.45, 7) is 6.00. The van der Waals surface area contributed by atoms with Crippen molar-refractivity contribution in [3.63, 3.8) is 0 Å². The van der Waals surface area contributed by atoms with Crippen LogP contribution >= 0.6 is 22.6 Å². The van der Waals surface area contributed by atoms with Gasteiger partial charge in [-0.1, -0.05) is 77.9 Å². The Kier molecular flexibility index (Phi) is 10.8. The first-order valence-electron chi connectivity index (χ1n) is 16.0. The lowest BCUT2D eigenvalue weighted by Crippen LogP contribution is -2.48. The first-order valence-corrected chi connectivity index (χ1v) is 17.2. The minimum Gasteiger partial charge on any atom is -0.488 e. The molecule has 0 aliphatic carbocycles. The van der Waals surface area contributed by atoms with E-state index in [4.69, 9.17) is 14.6 Å². The number of rotatable bonds is 11. The predicted molar refractivity (Wildman–Crippen MR) is 196 cm³/mol. The molecular formula is C36H38IN7O4. The second-order valence-electron chi connectivity index (χ2n) is 11.6. The average Bonchev–Trinajstić information content (AvgIpc) is 3.52. The summed E-state index contributed by atoms with van der Waals surface area (Å²) in [5.41, 5.74) is 4.42. The van der Waals surface area contributed by atoms with Crippen molar-refractivity contribution in [3.05, 3.63) is 102 Å². The van der Waals surface area contributed by atoms with Crippen molar-refractivity contribution < 1.29 is 19.1 Å². The van der Waals surface area contributed by atoms with Gasteiger partial charge in [0.1, 0.15) is 30.0 Å². The Bertz CT molecular complexity index is 1890. The Morgan fingerprint density at radius 3 is 2.62 bits per heavy atom.